The summed E-state index contributed by atoms with van der Waals surface area (Å²) >= 11 is 0. The van der Waals surface area contributed by atoms with Gasteiger partial charge >= 0.3 is 0 Å². The van der Waals surface area contributed by atoms with Crippen molar-refractivity contribution in [2.75, 3.05) is 7.05 Å². The summed E-state index contributed by atoms with van der Waals surface area (Å²) in [6.07, 6.45) is 1.82. The highest BCUT2D eigenvalue weighted by Gasteiger charge is 2.19. The van der Waals surface area contributed by atoms with Crippen molar-refractivity contribution in [3.8, 4) is 0 Å². The third-order valence-electron chi connectivity index (χ3n) is 2.31. The molecule has 0 aliphatic heterocycles. The Labute approximate surface area is 74.0 Å². The molecule has 0 amide bonds. The van der Waals surface area contributed by atoms with Crippen LogP contribution in [0.3, 0.4) is 0 Å². The van der Waals surface area contributed by atoms with Crippen molar-refractivity contribution in [3.05, 3.63) is 29.6 Å². The van der Waals surface area contributed by atoms with Crippen molar-refractivity contribution >= 4 is 0 Å². The van der Waals surface area contributed by atoms with E-state index in [0.29, 0.717) is 0 Å². The topological polar surface area (TPSA) is 24.9 Å². The standard InChI is InChI=1S/C10H16N2/c1-8-9(6-5-7-12-8)10(2,3)11-4/h5-7,11H,1-4H3. The van der Waals surface area contributed by atoms with Crippen molar-refractivity contribution in [2.24, 2.45) is 0 Å². The molecule has 0 saturated carbocycles. The molecule has 0 aliphatic rings. The molecule has 0 aromatic carbocycles. The molecule has 2 nitrogen and oxygen atoms in total. The minimum Gasteiger partial charge on any atom is -0.311 e. The Bertz CT molecular complexity index is 266. The summed E-state index contributed by atoms with van der Waals surface area (Å²) in [5.41, 5.74) is 2.36. The Morgan fingerprint density at radius 1 is 1.42 bits per heavy atom. The smallest absolute Gasteiger partial charge is 0.0423 e. The predicted octanol–water partition coefficient (Wildman–Crippen LogP) is 1.84. The number of hydrogen-bond acceptors (Lipinski definition) is 2. The molecule has 1 rings (SSSR count). The minimum absolute atomic E-state index is 0.0122. The summed E-state index contributed by atoms with van der Waals surface area (Å²) in [6.45, 7) is 6.34. The summed E-state index contributed by atoms with van der Waals surface area (Å²) < 4.78 is 0. The average Bonchev–Trinajstić information content (AvgIpc) is 2.05. The first kappa shape index (κ1) is 9.20. The number of pyridine rings is 1. The molecule has 1 heterocycles. The van der Waals surface area contributed by atoms with Gasteiger partial charge in [0.2, 0.25) is 0 Å². The number of nitrogens with zero attached hydrogens (tertiary/aromatic N) is 1. The van der Waals surface area contributed by atoms with Crippen LogP contribution in [0.4, 0.5) is 0 Å². The summed E-state index contributed by atoms with van der Waals surface area (Å²) in [5.74, 6) is 0. The zero-order valence-corrected chi connectivity index (χ0v) is 8.18. The van der Waals surface area contributed by atoms with Gasteiger partial charge in [0.1, 0.15) is 0 Å². The van der Waals surface area contributed by atoms with Crippen LogP contribution in [0.1, 0.15) is 25.1 Å². The molecule has 1 N–H and O–H groups in total. The fourth-order valence-corrected chi connectivity index (χ4v) is 1.28. The van der Waals surface area contributed by atoms with Crippen LogP contribution in [-0.4, -0.2) is 12.0 Å². The molecule has 0 saturated heterocycles. The van der Waals surface area contributed by atoms with Gasteiger partial charge in [-0.3, -0.25) is 4.98 Å². The fraction of sp³-hybridized carbons (Fsp3) is 0.500. The maximum atomic E-state index is 4.25. The van der Waals surface area contributed by atoms with Crippen molar-refractivity contribution in [2.45, 2.75) is 26.3 Å². The molecule has 1 aromatic rings. The van der Waals surface area contributed by atoms with Gasteiger partial charge in [0.25, 0.3) is 0 Å². The largest absolute Gasteiger partial charge is 0.311 e. The normalized spacial score (nSPS) is 11.7. The van der Waals surface area contributed by atoms with Gasteiger partial charge in [-0.1, -0.05) is 6.07 Å². The van der Waals surface area contributed by atoms with E-state index in [2.05, 4.69) is 30.2 Å². The van der Waals surface area contributed by atoms with Crippen LogP contribution >= 0.6 is 0 Å². The maximum absolute atomic E-state index is 4.25. The zero-order chi connectivity index (χ0) is 9.19. The molecular weight excluding hydrogens is 148 g/mol. The molecule has 2 heteroatoms. The molecular formula is C10H16N2. The summed E-state index contributed by atoms with van der Waals surface area (Å²) in [5, 5.41) is 3.26. The molecule has 0 radical (unpaired) electrons. The lowest BCUT2D eigenvalue weighted by Crippen LogP contribution is -2.34. The van der Waals surface area contributed by atoms with Gasteiger partial charge < -0.3 is 5.32 Å². The monoisotopic (exact) mass is 164 g/mol. The van der Waals surface area contributed by atoms with Crippen LogP contribution in [-0.2, 0) is 5.54 Å². The van der Waals surface area contributed by atoms with E-state index in [1.165, 1.54) is 5.56 Å². The van der Waals surface area contributed by atoms with Crippen LogP contribution in [0.2, 0.25) is 0 Å². The van der Waals surface area contributed by atoms with Gasteiger partial charge in [0.15, 0.2) is 0 Å². The predicted molar refractivity (Wildman–Crippen MR) is 51.1 cm³/mol. The molecule has 0 bridgehead atoms. The molecule has 0 aliphatic carbocycles. The fourth-order valence-electron chi connectivity index (χ4n) is 1.28. The van der Waals surface area contributed by atoms with Gasteiger partial charge in [-0.05, 0) is 39.4 Å². The number of aryl methyl sites for hydroxylation is 1. The lowest BCUT2D eigenvalue weighted by molar-refractivity contribution is 0.440. The van der Waals surface area contributed by atoms with E-state index in [0.717, 1.165) is 5.69 Å². The van der Waals surface area contributed by atoms with E-state index < -0.39 is 0 Å². The van der Waals surface area contributed by atoms with Crippen molar-refractivity contribution in [1.82, 2.24) is 10.3 Å². The summed E-state index contributed by atoms with van der Waals surface area (Å²) in [7, 11) is 1.96. The van der Waals surface area contributed by atoms with E-state index in [9.17, 15) is 0 Å². The summed E-state index contributed by atoms with van der Waals surface area (Å²) in [6, 6.07) is 4.08. The first-order valence-corrected chi connectivity index (χ1v) is 4.19. The second-order valence-electron chi connectivity index (χ2n) is 3.51. The van der Waals surface area contributed by atoms with Crippen LogP contribution in [0.25, 0.3) is 0 Å². The van der Waals surface area contributed by atoms with E-state index in [4.69, 9.17) is 0 Å². The SMILES string of the molecule is CNC(C)(C)c1cccnc1C. The Morgan fingerprint density at radius 2 is 2.08 bits per heavy atom. The zero-order valence-electron chi connectivity index (χ0n) is 8.18. The van der Waals surface area contributed by atoms with Crippen LogP contribution in [0.15, 0.2) is 18.3 Å². The highest BCUT2D eigenvalue weighted by Crippen LogP contribution is 2.20. The quantitative estimate of drug-likeness (QED) is 0.721. The molecule has 0 fully saturated rings. The van der Waals surface area contributed by atoms with Gasteiger partial charge in [-0.2, -0.15) is 0 Å². The van der Waals surface area contributed by atoms with Crippen LogP contribution < -0.4 is 5.32 Å². The lowest BCUT2D eigenvalue weighted by Gasteiger charge is -2.25. The highest BCUT2D eigenvalue weighted by atomic mass is 14.9. The summed E-state index contributed by atoms with van der Waals surface area (Å²) in [4.78, 5) is 4.25. The third-order valence-corrected chi connectivity index (χ3v) is 2.31. The molecule has 0 unspecified atom stereocenters. The van der Waals surface area contributed by atoms with Crippen molar-refractivity contribution < 1.29 is 0 Å². The Kier molecular flexibility index (Phi) is 2.48. The van der Waals surface area contributed by atoms with Gasteiger partial charge in [-0.25, -0.2) is 0 Å². The van der Waals surface area contributed by atoms with E-state index in [1.807, 2.05) is 26.2 Å². The first-order chi connectivity index (χ1) is 5.58. The third kappa shape index (κ3) is 1.64. The Balaban J connectivity index is 3.10. The second kappa shape index (κ2) is 3.23. The maximum Gasteiger partial charge on any atom is 0.0423 e. The number of nitrogens with one attached hydrogen (secondary N) is 1. The Morgan fingerprint density at radius 3 is 2.58 bits per heavy atom. The second-order valence-corrected chi connectivity index (χ2v) is 3.51. The average molecular weight is 164 g/mol. The van der Waals surface area contributed by atoms with Crippen LogP contribution in [0, 0.1) is 6.92 Å². The van der Waals surface area contributed by atoms with Crippen molar-refractivity contribution in [1.29, 1.82) is 0 Å². The number of hydrogen-bond donors (Lipinski definition) is 1. The van der Waals surface area contributed by atoms with Gasteiger partial charge in [0, 0.05) is 17.4 Å². The van der Waals surface area contributed by atoms with E-state index >= 15 is 0 Å². The highest BCUT2D eigenvalue weighted by molar-refractivity contribution is 5.25. The molecule has 0 atom stereocenters. The van der Waals surface area contributed by atoms with E-state index in [-0.39, 0.29) is 5.54 Å². The van der Waals surface area contributed by atoms with Crippen molar-refractivity contribution in [3.63, 3.8) is 0 Å². The minimum atomic E-state index is 0.0122. The number of rotatable bonds is 2. The van der Waals surface area contributed by atoms with Gasteiger partial charge in [0.05, 0.1) is 0 Å². The lowest BCUT2D eigenvalue weighted by atomic mass is 9.93. The molecule has 12 heavy (non-hydrogen) atoms. The number of aromatic nitrogens is 1. The van der Waals surface area contributed by atoms with Crippen LogP contribution in [0.5, 0.6) is 0 Å². The van der Waals surface area contributed by atoms with E-state index in [1.54, 1.807) is 0 Å². The Hall–Kier alpha value is -0.890. The molecule has 0 spiro atoms. The first-order valence-electron chi connectivity index (χ1n) is 4.19. The molecule has 66 valence electrons. The molecule has 1 aromatic heterocycles. The van der Waals surface area contributed by atoms with Gasteiger partial charge in [-0.15, -0.1) is 0 Å².